The highest BCUT2D eigenvalue weighted by molar-refractivity contribution is 5.66. The molecule has 1 saturated heterocycles. The second-order valence-corrected chi connectivity index (χ2v) is 4.01. The lowest BCUT2D eigenvalue weighted by atomic mass is 9.99. The molecule has 0 saturated carbocycles. The van der Waals surface area contributed by atoms with Crippen LogP contribution in [-0.4, -0.2) is 30.6 Å². The van der Waals surface area contributed by atoms with Crippen molar-refractivity contribution in [1.82, 2.24) is 0 Å². The minimum atomic E-state index is -0.285. The van der Waals surface area contributed by atoms with Crippen LogP contribution in [0.4, 0.5) is 0 Å². The Hall–Kier alpha value is -1.16. The number of esters is 1. The van der Waals surface area contributed by atoms with Gasteiger partial charge in [0.05, 0.1) is 12.2 Å². The predicted octanol–water partition coefficient (Wildman–Crippen LogP) is 1.63. The minimum absolute atomic E-state index is 0.135. The van der Waals surface area contributed by atoms with Crippen molar-refractivity contribution in [3.63, 3.8) is 0 Å². The SMILES string of the molecule is CC(=O)OC1CC[C@H](C)OC1C/C=C/C=O. The summed E-state index contributed by atoms with van der Waals surface area (Å²) >= 11 is 0. The largest absolute Gasteiger partial charge is 0.460 e. The van der Waals surface area contributed by atoms with Gasteiger partial charge < -0.3 is 9.47 Å². The summed E-state index contributed by atoms with van der Waals surface area (Å²) in [5.41, 5.74) is 0. The monoisotopic (exact) mass is 226 g/mol. The molecule has 1 aliphatic heterocycles. The van der Waals surface area contributed by atoms with E-state index in [1.807, 2.05) is 6.92 Å². The van der Waals surface area contributed by atoms with E-state index in [9.17, 15) is 9.59 Å². The topological polar surface area (TPSA) is 52.6 Å². The van der Waals surface area contributed by atoms with Crippen molar-refractivity contribution in [3.8, 4) is 0 Å². The zero-order valence-electron chi connectivity index (χ0n) is 9.72. The maximum absolute atomic E-state index is 10.9. The lowest BCUT2D eigenvalue weighted by Gasteiger charge is -2.34. The van der Waals surface area contributed by atoms with Crippen molar-refractivity contribution < 1.29 is 19.1 Å². The van der Waals surface area contributed by atoms with Crippen molar-refractivity contribution in [3.05, 3.63) is 12.2 Å². The van der Waals surface area contributed by atoms with E-state index in [2.05, 4.69) is 0 Å². The van der Waals surface area contributed by atoms with Crippen LogP contribution in [0.3, 0.4) is 0 Å². The molecule has 4 nitrogen and oxygen atoms in total. The van der Waals surface area contributed by atoms with Crippen LogP contribution in [0.25, 0.3) is 0 Å². The van der Waals surface area contributed by atoms with Gasteiger partial charge in [-0.05, 0) is 32.3 Å². The molecule has 0 aliphatic carbocycles. The Kier molecular flexibility index (Phi) is 5.19. The smallest absolute Gasteiger partial charge is 0.302 e. The molecule has 1 heterocycles. The molecule has 0 N–H and O–H groups in total. The van der Waals surface area contributed by atoms with Crippen LogP contribution < -0.4 is 0 Å². The van der Waals surface area contributed by atoms with Crippen LogP contribution in [0.15, 0.2) is 12.2 Å². The first-order chi connectivity index (χ1) is 7.63. The van der Waals surface area contributed by atoms with Crippen molar-refractivity contribution in [2.75, 3.05) is 0 Å². The highest BCUT2D eigenvalue weighted by Gasteiger charge is 2.30. The third-order valence-electron chi connectivity index (χ3n) is 2.58. The third-order valence-corrected chi connectivity index (χ3v) is 2.58. The molecular weight excluding hydrogens is 208 g/mol. The second kappa shape index (κ2) is 6.43. The molecule has 16 heavy (non-hydrogen) atoms. The number of aldehydes is 1. The molecule has 90 valence electrons. The molecular formula is C12H18O4. The fourth-order valence-corrected chi connectivity index (χ4v) is 1.86. The second-order valence-electron chi connectivity index (χ2n) is 4.01. The number of allylic oxidation sites excluding steroid dienone is 1. The maximum Gasteiger partial charge on any atom is 0.302 e. The number of ether oxygens (including phenoxy) is 2. The van der Waals surface area contributed by atoms with Crippen molar-refractivity contribution >= 4 is 12.3 Å². The van der Waals surface area contributed by atoms with Crippen LogP contribution >= 0.6 is 0 Å². The minimum Gasteiger partial charge on any atom is -0.460 e. The molecule has 4 heteroatoms. The molecule has 1 fully saturated rings. The Bertz CT molecular complexity index is 272. The summed E-state index contributed by atoms with van der Waals surface area (Å²) in [6.07, 6.45) is 6.08. The molecule has 0 aromatic carbocycles. The van der Waals surface area contributed by atoms with E-state index in [0.717, 1.165) is 19.1 Å². The van der Waals surface area contributed by atoms with Gasteiger partial charge in [-0.3, -0.25) is 9.59 Å². The summed E-state index contributed by atoms with van der Waals surface area (Å²) in [4.78, 5) is 21.1. The molecule has 3 atom stereocenters. The Balaban J connectivity index is 2.53. The van der Waals surface area contributed by atoms with Crippen molar-refractivity contribution in [1.29, 1.82) is 0 Å². The number of rotatable bonds is 4. The molecule has 2 unspecified atom stereocenters. The van der Waals surface area contributed by atoms with Gasteiger partial charge in [-0.2, -0.15) is 0 Å². The number of carbonyl (C=O) groups excluding carboxylic acids is 2. The van der Waals surface area contributed by atoms with Gasteiger partial charge in [0.1, 0.15) is 12.4 Å². The Morgan fingerprint density at radius 3 is 2.88 bits per heavy atom. The molecule has 1 aliphatic rings. The van der Waals surface area contributed by atoms with Crippen molar-refractivity contribution in [2.45, 2.75) is 51.4 Å². The van der Waals surface area contributed by atoms with Gasteiger partial charge in [0, 0.05) is 6.92 Å². The molecule has 0 bridgehead atoms. The summed E-state index contributed by atoms with van der Waals surface area (Å²) in [5.74, 6) is -0.285. The highest BCUT2D eigenvalue weighted by atomic mass is 16.6. The van der Waals surface area contributed by atoms with E-state index in [1.54, 1.807) is 6.08 Å². The Morgan fingerprint density at radius 1 is 1.50 bits per heavy atom. The highest BCUT2D eigenvalue weighted by Crippen LogP contribution is 2.24. The standard InChI is InChI=1S/C12H18O4/c1-9-6-7-12(16-10(2)14)11(15-9)5-3-4-8-13/h3-4,8-9,11-12H,5-7H2,1-2H3/b4-3+/t9-,11?,12?/m0/s1. The Labute approximate surface area is 95.6 Å². The maximum atomic E-state index is 10.9. The van der Waals surface area contributed by atoms with Gasteiger partial charge in [0.25, 0.3) is 0 Å². The predicted molar refractivity (Wildman–Crippen MR) is 58.9 cm³/mol. The lowest BCUT2D eigenvalue weighted by molar-refractivity contribution is -0.167. The van der Waals surface area contributed by atoms with Crippen molar-refractivity contribution in [2.24, 2.45) is 0 Å². The van der Waals surface area contributed by atoms with E-state index < -0.39 is 0 Å². The van der Waals surface area contributed by atoms with Gasteiger partial charge in [-0.15, -0.1) is 0 Å². The quantitative estimate of drug-likeness (QED) is 0.415. The zero-order chi connectivity index (χ0) is 12.0. The van der Waals surface area contributed by atoms with Gasteiger partial charge in [-0.25, -0.2) is 0 Å². The van der Waals surface area contributed by atoms with Crippen LogP contribution in [0, 0.1) is 0 Å². The normalized spacial score (nSPS) is 30.2. The summed E-state index contributed by atoms with van der Waals surface area (Å²) < 4.78 is 10.9. The first kappa shape index (κ1) is 12.9. The van der Waals surface area contributed by atoms with E-state index >= 15 is 0 Å². The molecule has 0 spiro atoms. The summed E-state index contributed by atoms with van der Waals surface area (Å²) in [6, 6.07) is 0. The van der Waals surface area contributed by atoms with E-state index in [1.165, 1.54) is 13.0 Å². The van der Waals surface area contributed by atoms with Crippen LogP contribution in [-0.2, 0) is 19.1 Å². The fraction of sp³-hybridized carbons (Fsp3) is 0.667. The van der Waals surface area contributed by atoms with E-state index in [0.29, 0.717) is 6.42 Å². The number of hydrogen-bond donors (Lipinski definition) is 0. The molecule has 0 aromatic heterocycles. The lowest BCUT2D eigenvalue weighted by Crippen LogP contribution is -2.40. The van der Waals surface area contributed by atoms with Gasteiger partial charge >= 0.3 is 5.97 Å². The van der Waals surface area contributed by atoms with Crippen LogP contribution in [0.1, 0.15) is 33.1 Å². The van der Waals surface area contributed by atoms with Crippen LogP contribution in [0.5, 0.6) is 0 Å². The summed E-state index contributed by atoms with van der Waals surface area (Å²) in [7, 11) is 0. The van der Waals surface area contributed by atoms with E-state index in [4.69, 9.17) is 9.47 Å². The average Bonchev–Trinajstić information content (AvgIpc) is 2.22. The number of hydrogen-bond acceptors (Lipinski definition) is 4. The molecule has 0 aromatic rings. The molecule has 1 rings (SSSR count). The summed E-state index contributed by atoms with van der Waals surface area (Å²) in [5, 5.41) is 0. The third kappa shape index (κ3) is 4.14. The average molecular weight is 226 g/mol. The molecule has 0 radical (unpaired) electrons. The fourth-order valence-electron chi connectivity index (χ4n) is 1.86. The molecule has 0 amide bonds. The first-order valence-electron chi connectivity index (χ1n) is 5.56. The summed E-state index contributed by atoms with van der Waals surface area (Å²) in [6.45, 7) is 3.40. The van der Waals surface area contributed by atoms with Gasteiger partial charge in [-0.1, -0.05) is 6.08 Å². The van der Waals surface area contributed by atoms with Crippen LogP contribution in [0.2, 0.25) is 0 Å². The first-order valence-corrected chi connectivity index (χ1v) is 5.56. The van der Waals surface area contributed by atoms with E-state index in [-0.39, 0.29) is 24.3 Å². The number of carbonyl (C=O) groups is 2. The van der Waals surface area contributed by atoms with Gasteiger partial charge in [0.15, 0.2) is 0 Å². The Morgan fingerprint density at radius 2 is 2.25 bits per heavy atom. The van der Waals surface area contributed by atoms with Gasteiger partial charge in [0.2, 0.25) is 0 Å². The zero-order valence-corrected chi connectivity index (χ0v) is 9.72.